The molecule has 1 fully saturated rings. The topological polar surface area (TPSA) is 106 Å². The molecule has 3 aliphatic heterocycles. The smallest absolute Gasteiger partial charge is 0.315 e. The number of para-hydroxylation sites is 2. The van der Waals surface area contributed by atoms with Crippen molar-refractivity contribution in [2.75, 3.05) is 11.9 Å². The molecule has 140 valence electrons. The van der Waals surface area contributed by atoms with Crippen LogP contribution < -0.4 is 5.32 Å². The number of nitrogens with one attached hydrogen (secondary N) is 1. The van der Waals surface area contributed by atoms with Gasteiger partial charge in [0.2, 0.25) is 0 Å². The summed E-state index contributed by atoms with van der Waals surface area (Å²) in [7, 11) is 0. The molecule has 2 aromatic rings. The Morgan fingerprint density at radius 1 is 1.18 bits per heavy atom. The standard InChI is InChI=1S/C20H16N4O4/c25-20-18-16(10-28-20)23-19-13(9-21-14-6-1-2-7-15(14)22-19)17(18)11-4-3-5-12(8-11)24(26)27/h1-9,13,17-19,22H,10H2/t13?,17-,18?,19?/m1/s1. The Labute approximate surface area is 160 Å². The normalized spacial score (nSPS) is 27.4. The maximum Gasteiger partial charge on any atom is 0.315 e. The van der Waals surface area contributed by atoms with E-state index in [0.29, 0.717) is 11.3 Å². The van der Waals surface area contributed by atoms with Gasteiger partial charge < -0.3 is 10.1 Å². The summed E-state index contributed by atoms with van der Waals surface area (Å²) in [6.45, 7) is 0.151. The SMILES string of the molecule is O=C1OCC2=NC3Nc4ccccc4N=CC3[C@@H](c3cccc([N+](=O)[O-])c3)C12. The predicted octanol–water partition coefficient (Wildman–Crippen LogP) is 3.08. The largest absolute Gasteiger partial charge is 0.459 e. The molecular weight excluding hydrogens is 360 g/mol. The van der Waals surface area contributed by atoms with E-state index in [0.717, 1.165) is 11.4 Å². The number of esters is 1. The first kappa shape index (κ1) is 16.6. The number of carbonyl (C=O) groups excluding carboxylic acids is 1. The third-order valence-electron chi connectivity index (χ3n) is 5.48. The maximum atomic E-state index is 12.5. The van der Waals surface area contributed by atoms with Crippen molar-refractivity contribution in [1.82, 2.24) is 0 Å². The zero-order valence-electron chi connectivity index (χ0n) is 14.7. The van der Waals surface area contributed by atoms with Crippen molar-refractivity contribution < 1.29 is 14.5 Å². The lowest BCUT2D eigenvalue weighted by Gasteiger charge is -2.36. The number of hydrogen-bond acceptors (Lipinski definition) is 7. The summed E-state index contributed by atoms with van der Waals surface area (Å²) in [5.74, 6) is -1.51. The van der Waals surface area contributed by atoms with Crippen molar-refractivity contribution in [3.63, 3.8) is 0 Å². The number of cyclic esters (lactones) is 1. The summed E-state index contributed by atoms with van der Waals surface area (Å²) in [4.78, 5) is 32.7. The number of nitro groups is 1. The van der Waals surface area contributed by atoms with Gasteiger partial charge in [-0.3, -0.25) is 24.9 Å². The molecule has 5 rings (SSSR count). The Bertz CT molecular complexity index is 1050. The molecular formula is C20H16N4O4. The molecule has 0 amide bonds. The van der Waals surface area contributed by atoms with Crippen molar-refractivity contribution in [1.29, 1.82) is 0 Å². The quantitative estimate of drug-likeness (QED) is 0.492. The highest BCUT2D eigenvalue weighted by molar-refractivity contribution is 6.09. The fraction of sp³-hybridized carbons (Fsp3) is 0.250. The van der Waals surface area contributed by atoms with Gasteiger partial charge in [0.1, 0.15) is 18.7 Å². The fourth-order valence-electron chi connectivity index (χ4n) is 4.21. The summed E-state index contributed by atoms with van der Waals surface area (Å²) in [6.07, 6.45) is 1.47. The number of aliphatic imine (C=N–C) groups is 2. The van der Waals surface area contributed by atoms with Gasteiger partial charge in [0.15, 0.2) is 0 Å². The van der Waals surface area contributed by atoms with Crippen LogP contribution in [0, 0.1) is 22.0 Å². The van der Waals surface area contributed by atoms with Crippen LogP contribution in [-0.2, 0) is 9.53 Å². The molecule has 0 aromatic heterocycles. The number of anilines is 1. The average Bonchev–Trinajstić information content (AvgIpc) is 2.96. The van der Waals surface area contributed by atoms with Crippen molar-refractivity contribution in [2.24, 2.45) is 21.8 Å². The van der Waals surface area contributed by atoms with Crippen LogP contribution in [0.5, 0.6) is 0 Å². The van der Waals surface area contributed by atoms with Crippen LogP contribution in [0.25, 0.3) is 0 Å². The summed E-state index contributed by atoms with van der Waals surface area (Å²) in [5.41, 5.74) is 3.02. The second-order valence-corrected chi connectivity index (χ2v) is 7.05. The highest BCUT2D eigenvalue weighted by Gasteiger charge is 2.49. The Morgan fingerprint density at radius 2 is 2.04 bits per heavy atom. The molecule has 0 radical (unpaired) electrons. The number of nitro benzene ring substituents is 1. The third kappa shape index (κ3) is 2.57. The van der Waals surface area contributed by atoms with Crippen LogP contribution in [0.3, 0.4) is 0 Å². The fourth-order valence-corrected chi connectivity index (χ4v) is 4.21. The van der Waals surface area contributed by atoms with Crippen LogP contribution in [-0.4, -0.2) is 35.6 Å². The van der Waals surface area contributed by atoms with Gasteiger partial charge in [-0.15, -0.1) is 0 Å². The van der Waals surface area contributed by atoms with E-state index in [4.69, 9.17) is 9.73 Å². The Morgan fingerprint density at radius 3 is 2.89 bits per heavy atom. The van der Waals surface area contributed by atoms with E-state index in [9.17, 15) is 14.9 Å². The first-order valence-corrected chi connectivity index (χ1v) is 8.99. The third-order valence-corrected chi connectivity index (χ3v) is 5.48. The van der Waals surface area contributed by atoms with Crippen molar-refractivity contribution in [2.45, 2.75) is 12.1 Å². The number of nitrogens with zero attached hydrogens (tertiary/aromatic N) is 3. The summed E-state index contributed by atoms with van der Waals surface area (Å²) >= 11 is 0. The zero-order chi connectivity index (χ0) is 19.3. The number of carbonyl (C=O) groups is 1. The Hall–Kier alpha value is -3.55. The Kier molecular flexibility index (Phi) is 3.71. The first-order valence-electron chi connectivity index (χ1n) is 8.99. The number of fused-ring (bicyclic) bond motifs is 3. The van der Waals surface area contributed by atoms with Gasteiger partial charge in [0.25, 0.3) is 5.69 Å². The predicted molar refractivity (Wildman–Crippen MR) is 103 cm³/mol. The molecule has 1 saturated heterocycles. The molecule has 0 aliphatic carbocycles. The summed E-state index contributed by atoms with van der Waals surface area (Å²) in [6, 6.07) is 14.1. The second-order valence-electron chi connectivity index (χ2n) is 7.05. The van der Waals surface area contributed by atoms with Crippen molar-refractivity contribution in [3.05, 3.63) is 64.2 Å². The molecule has 0 saturated carbocycles. The number of rotatable bonds is 2. The van der Waals surface area contributed by atoms with E-state index in [-0.39, 0.29) is 36.3 Å². The highest BCUT2D eigenvalue weighted by Crippen LogP contribution is 2.44. The summed E-state index contributed by atoms with van der Waals surface area (Å²) in [5, 5.41) is 14.7. The Balaban J connectivity index is 1.65. The van der Waals surface area contributed by atoms with Gasteiger partial charge in [-0.1, -0.05) is 24.3 Å². The van der Waals surface area contributed by atoms with Crippen molar-refractivity contribution in [3.8, 4) is 0 Å². The molecule has 28 heavy (non-hydrogen) atoms. The molecule has 3 unspecified atom stereocenters. The monoisotopic (exact) mass is 376 g/mol. The molecule has 0 bridgehead atoms. The minimum absolute atomic E-state index is 0.00807. The van der Waals surface area contributed by atoms with E-state index >= 15 is 0 Å². The van der Waals surface area contributed by atoms with E-state index in [2.05, 4.69) is 10.3 Å². The van der Waals surface area contributed by atoms with E-state index in [1.54, 1.807) is 12.3 Å². The maximum absolute atomic E-state index is 12.5. The molecule has 2 aromatic carbocycles. The minimum atomic E-state index is -0.558. The molecule has 1 N–H and O–H groups in total. The zero-order valence-corrected chi connectivity index (χ0v) is 14.7. The van der Waals surface area contributed by atoms with Crippen LogP contribution >= 0.6 is 0 Å². The van der Waals surface area contributed by atoms with Crippen LogP contribution in [0.2, 0.25) is 0 Å². The molecule has 3 aliphatic rings. The van der Waals surface area contributed by atoms with Gasteiger partial charge in [0, 0.05) is 30.2 Å². The minimum Gasteiger partial charge on any atom is -0.459 e. The van der Waals surface area contributed by atoms with Crippen LogP contribution in [0.4, 0.5) is 17.1 Å². The summed E-state index contributed by atoms with van der Waals surface area (Å²) < 4.78 is 5.26. The molecule has 3 heterocycles. The molecule has 0 spiro atoms. The molecule has 8 heteroatoms. The van der Waals surface area contributed by atoms with Gasteiger partial charge >= 0.3 is 5.97 Å². The molecule has 8 nitrogen and oxygen atoms in total. The highest BCUT2D eigenvalue weighted by atomic mass is 16.6. The molecule has 4 atom stereocenters. The van der Waals surface area contributed by atoms with Gasteiger partial charge in [-0.25, -0.2) is 0 Å². The lowest BCUT2D eigenvalue weighted by atomic mass is 9.72. The van der Waals surface area contributed by atoms with E-state index in [1.807, 2.05) is 30.3 Å². The van der Waals surface area contributed by atoms with E-state index in [1.165, 1.54) is 12.1 Å². The van der Waals surface area contributed by atoms with Gasteiger partial charge in [0.05, 0.1) is 22.0 Å². The van der Waals surface area contributed by atoms with Gasteiger partial charge in [-0.2, -0.15) is 0 Å². The number of hydrogen-bond donors (Lipinski definition) is 1. The average molecular weight is 376 g/mol. The van der Waals surface area contributed by atoms with Crippen LogP contribution in [0.1, 0.15) is 11.5 Å². The van der Waals surface area contributed by atoms with Crippen LogP contribution in [0.15, 0.2) is 58.5 Å². The van der Waals surface area contributed by atoms with E-state index < -0.39 is 10.8 Å². The first-order chi connectivity index (χ1) is 13.6. The van der Waals surface area contributed by atoms with Gasteiger partial charge in [-0.05, 0) is 17.7 Å². The second kappa shape index (κ2) is 6.26. The number of ether oxygens (including phenoxy) is 1. The number of non-ortho nitro benzene ring substituents is 1. The lowest BCUT2D eigenvalue weighted by Crippen LogP contribution is -2.43. The lowest BCUT2D eigenvalue weighted by molar-refractivity contribution is -0.384. The van der Waals surface area contributed by atoms with Crippen molar-refractivity contribution >= 4 is 35.0 Å². The number of benzene rings is 2.